The van der Waals surface area contributed by atoms with Crippen LogP contribution in [0.5, 0.6) is 0 Å². The Morgan fingerprint density at radius 1 is 1.07 bits per heavy atom. The number of carbonyl (C=O) groups is 4. The van der Waals surface area contributed by atoms with E-state index in [-0.39, 0.29) is 25.2 Å². The summed E-state index contributed by atoms with van der Waals surface area (Å²) in [7, 11) is 1.93. The topological polar surface area (TPSA) is 148 Å². The van der Waals surface area contributed by atoms with Crippen LogP contribution in [0.1, 0.15) is 58.4 Å². The minimum absolute atomic E-state index is 0.0276. The number of carbonyl (C=O) groups excluding carboxylic acids is 4. The standard InChI is InChI=1S/C30H40N6O5/c1-29(2,3)41-27(39)23(10-9-21(37)18-32-31)33-26(38)24(17-20-19-35(4)25-8-6-5-7-22(20)25)34-28(40)30-11-14-36(15-12-30)16-13-30/h5-8,18-19,23-24,31H,9-17H2,1-4H3,(H-,33,34,38,40)/p+1/t23-,24-/m0/s1. The zero-order valence-electron chi connectivity index (χ0n) is 24.4. The molecule has 1 aromatic heterocycles. The molecule has 11 heteroatoms. The molecule has 0 unspecified atom stereocenters. The zero-order valence-corrected chi connectivity index (χ0v) is 24.4. The third kappa shape index (κ3) is 7.28. The number of hydrogen-bond acceptors (Lipinski definition) is 7. The fourth-order valence-corrected chi connectivity index (χ4v) is 5.81. The molecule has 3 aliphatic heterocycles. The highest BCUT2D eigenvalue weighted by molar-refractivity contribution is 6.25. The second-order valence-corrected chi connectivity index (χ2v) is 12.2. The average molecular weight is 566 g/mol. The monoisotopic (exact) mass is 565 g/mol. The summed E-state index contributed by atoms with van der Waals surface area (Å²) in [5.74, 6) is -1.76. The van der Waals surface area contributed by atoms with Crippen LogP contribution in [0.15, 0.2) is 30.5 Å². The van der Waals surface area contributed by atoms with Crippen molar-refractivity contribution in [3.63, 3.8) is 0 Å². The first-order valence-corrected chi connectivity index (χ1v) is 14.2. The summed E-state index contributed by atoms with van der Waals surface area (Å²) in [5.41, 5.74) is 7.48. The molecule has 2 amide bonds. The molecule has 5 rings (SSSR count). The third-order valence-electron chi connectivity index (χ3n) is 8.12. The van der Waals surface area contributed by atoms with Gasteiger partial charge >= 0.3 is 12.2 Å². The minimum atomic E-state index is -1.12. The lowest BCUT2D eigenvalue weighted by molar-refractivity contribution is -0.159. The molecule has 1 aromatic carbocycles. The number of ether oxygens (including phenoxy) is 1. The van der Waals surface area contributed by atoms with Gasteiger partial charge in [-0.15, -0.1) is 0 Å². The van der Waals surface area contributed by atoms with Crippen molar-refractivity contribution in [1.82, 2.24) is 20.1 Å². The molecule has 3 N–H and O–H groups in total. The van der Waals surface area contributed by atoms with Crippen molar-refractivity contribution in [2.45, 2.75) is 77.0 Å². The number of aromatic nitrogens is 1. The number of ketones is 1. The first kappa shape index (κ1) is 30.1. The minimum Gasteiger partial charge on any atom is -0.458 e. The summed E-state index contributed by atoms with van der Waals surface area (Å²) < 4.78 is 7.52. The molecule has 3 saturated heterocycles. The normalized spacial score (nSPS) is 21.4. The van der Waals surface area contributed by atoms with Gasteiger partial charge in [0.2, 0.25) is 17.6 Å². The van der Waals surface area contributed by atoms with Gasteiger partial charge in [0.05, 0.1) is 15.7 Å². The Labute approximate surface area is 240 Å². The van der Waals surface area contributed by atoms with E-state index in [1.807, 2.05) is 42.1 Å². The highest BCUT2D eigenvalue weighted by Crippen LogP contribution is 2.40. The van der Waals surface area contributed by atoms with Crippen LogP contribution in [-0.2, 0) is 37.4 Å². The number of nitrogens with one attached hydrogen (secondary N) is 3. The predicted molar refractivity (Wildman–Crippen MR) is 152 cm³/mol. The number of fused-ring (bicyclic) bond motifs is 4. The van der Waals surface area contributed by atoms with Crippen molar-refractivity contribution >= 4 is 40.7 Å². The van der Waals surface area contributed by atoms with Crippen LogP contribution in [0, 0.1) is 10.9 Å². The van der Waals surface area contributed by atoms with Crippen molar-refractivity contribution < 1.29 is 28.7 Å². The molecule has 41 heavy (non-hydrogen) atoms. The van der Waals surface area contributed by atoms with Crippen molar-refractivity contribution in [2.75, 3.05) is 19.6 Å². The number of Topliss-reactive ketones (excluding diaryl/α,β-unsaturated/α-hetero) is 1. The zero-order chi connectivity index (χ0) is 29.8. The van der Waals surface area contributed by atoms with Crippen molar-refractivity contribution in [1.29, 1.82) is 5.53 Å². The quantitative estimate of drug-likeness (QED) is 0.165. The number of para-hydroxylation sites is 1. The summed E-state index contributed by atoms with van der Waals surface area (Å²) in [5, 5.41) is 6.81. The molecule has 0 spiro atoms. The molecule has 4 heterocycles. The Morgan fingerprint density at radius 3 is 2.37 bits per heavy atom. The van der Waals surface area contributed by atoms with E-state index in [0.29, 0.717) is 0 Å². The second kappa shape index (κ2) is 12.4. The Morgan fingerprint density at radius 2 is 1.73 bits per heavy atom. The van der Waals surface area contributed by atoms with Gasteiger partial charge in [0.1, 0.15) is 17.7 Å². The molecule has 2 bridgehead atoms. The van der Waals surface area contributed by atoms with E-state index in [0.717, 1.165) is 61.6 Å². The van der Waals surface area contributed by atoms with E-state index in [1.165, 1.54) is 0 Å². The fourth-order valence-electron chi connectivity index (χ4n) is 5.81. The van der Waals surface area contributed by atoms with Crippen molar-refractivity contribution in [2.24, 2.45) is 12.5 Å². The van der Waals surface area contributed by atoms with E-state index in [1.54, 1.807) is 20.8 Å². The van der Waals surface area contributed by atoms with Gasteiger partial charge in [-0.3, -0.25) is 14.4 Å². The summed E-state index contributed by atoms with van der Waals surface area (Å²) in [6, 6.07) is 5.80. The van der Waals surface area contributed by atoms with Crippen LogP contribution < -0.4 is 10.6 Å². The van der Waals surface area contributed by atoms with Crippen LogP contribution >= 0.6 is 0 Å². The molecule has 0 saturated carbocycles. The summed E-state index contributed by atoms with van der Waals surface area (Å²) >= 11 is 0. The first-order valence-electron chi connectivity index (χ1n) is 14.2. The summed E-state index contributed by atoms with van der Waals surface area (Å²) in [4.78, 5) is 58.1. The Balaban J connectivity index is 1.60. The second-order valence-electron chi connectivity index (χ2n) is 12.2. The highest BCUT2D eigenvalue weighted by Gasteiger charge is 2.46. The molecule has 0 aliphatic carbocycles. The molecular weight excluding hydrogens is 524 g/mol. The average Bonchev–Trinajstić information content (AvgIpc) is 3.25. The number of hydrogen-bond donors (Lipinski definition) is 3. The third-order valence-corrected chi connectivity index (χ3v) is 8.12. The van der Waals surface area contributed by atoms with E-state index >= 15 is 0 Å². The number of esters is 1. The highest BCUT2D eigenvalue weighted by atomic mass is 16.6. The molecular formula is C30H41N6O5+. The van der Waals surface area contributed by atoms with E-state index in [4.69, 9.17) is 10.3 Å². The van der Waals surface area contributed by atoms with Gasteiger partial charge in [-0.05, 0) is 77.7 Å². The van der Waals surface area contributed by atoms with Gasteiger partial charge in [0, 0.05) is 37.0 Å². The van der Waals surface area contributed by atoms with Crippen LogP contribution in [-0.4, -0.2) is 81.4 Å². The smallest absolute Gasteiger partial charge is 0.372 e. The molecule has 11 nitrogen and oxygen atoms in total. The number of benzene rings is 1. The molecule has 220 valence electrons. The maximum atomic E-state index is 13.9. The lowest BCUT2D eigenvalue weighted by Crippen LogP contribution is -2.59. The van der Waals surface area contributed by atoms with E-state index in [9.17, 15) is 19.2 Å². The SMILES string of the molecule is Cn1cc(C[C@H](NC(=O)C23CCN(CC2)CC3)C(=O)N[C@@H](CCC(=O)C=[N+]=N)C(=O)OC(C)(C)C)c2ccccc21. The molecule has 3 aliphatic rings. The number of nitrogens with zero attached hydrogens (tertiary/aromatic N) is 3. The van der Waals surface area contributed by atoms with E-state index in [2.05, 4.69) is 20.3 Å². The molecule has 2 atom stereocenters. The Hall–Kier alpha value is -3.82. The Kier molecular flexibility index (Phi) is 9.09. The maximum Gasteiger partial charge on any atom is 0.372 e. The van der Waals surface area contributed by atoms with Crippen LogP contribution in [0.4, 0.5) is 0 Å². The van der Waals surface area contributed by atoms with Gasteiger partial charge in [0.25, 0.3) is 0 Å². The van der Waals surface area contributed by atoms with Crippen LogP contribution in [0.25, 0.3) is 10.9 Å². The van der Waals surface area contributed by atoms with E-state index < -0.39 is 40.8 Å². The summed E-state index contributed by atoms with van der Waals surface area (Å²) in [6.45, 7) is 7.76. The van der Waals surface area contributed by atoms with Gasteiger partial charge in [-0.25, -0.2) is 4.79 Å². The van der Waals surface area contributed by atoms with Crippen molar-refractivity contribution in [3.05, 3.63) is 36.0 Å². The van der Waals surface area contributed by atoms with Gasteiger partial charge in [-0.2, -0.15) is 0 Å². The number of piperidine rings is 3. The number of rotatable bonds is 11. The Bertz CT molecular complexity index is 1350. The largest absolute Gasteiger partial charge is 0.458 e. The molecule has 3 fully saturated rings. The van der Waals surface area contributed by atoms with Crippen LogP contribution in [0.2, 0.25) is 0 Å². The van der Waals surface area contributed by atoms with Gasteiger partial charge in [0.15, 0.2) is 0 Å². The van der Waals surface area contributed by atoms with Gasteiger partial charge in [-0.1, -0.05) is 18.2 Å². The lowest BCUT2D eigenvalue weighted by Gasteiger charge is -2.47. The number of aryl methyl sites for hydroxylation is 1. The first-order chi connectivity index (χ1) is 19.4. The summed E-state index contributed by atoms with van der Waals surface area (Å²) in [6.07, 6.45) is 5.18. The molecule has 2 aromatic rings. The maximum absolute atomic E-state index is 13.9. The lowest BCUT2D eigenvalue weighted by atomic mass is 9.71. The molecule has 0 radical (unpaired) electrons. The van der Waals surface area contributed by atoms with Crippen molar-refractivity contribution in [3.8, 4) is 0 Å². The van der Waals surface area contributed by atoms with Gasteiger partial charge < -0.3 is 24.8 Å². The fraction of sp³-hybridized carbons (Fsp3) is 0.567. The predicted octanol–water partition coefficient (Wildman–Crippen LogP) is 2.18. The number of amides is 2. The van der Waals surface area contributed by atoms with Crippen LogP contribution in [0.3, 0.4) is 0 Å².